The summed E-state index contributed by atoms with van der Waals surface area (Å²) in [4.78, 5) is 0. The molecule has 0 bridgehead atoms. The Morgan fingerprint density at radius 2 is 1.84 bits per heavy atom. The third kappa shape index (κ3) is 3.40. The minimum Gasteiger partial charge on any atom is -0.497 e. The smallest absolute Gasteiger partial charge is 0.146 e. The van der Waals surface area contributed by atoms with Crippen LogP contribution in [0.2, 0.25) is 5.02 Å². The van der Waals surface area contributed by atoms with Crippen molar-refractivity contribution in [3.8, 4) is 17.2 Å². The summed E-state index contributed by atoms with van der Waals surface area (Å²) in [6.45, 7) is 1.69. The van der Waals surface area contributed by atoms with E-state index in [4.69, 9.17) is 21.1 Å². The second-order valence-electron chi connectivity index (χ2n) is 4.15. The number of hydrogen-bond acceptors (Lipinski definition) is 3. The average molecular weight is 279 g/mol. The Morgan fingerprint density at radius 1 is 1.11 bits per heavy atom. The first-order chi connectivity index (χ1) is 9.10. The number of ether oxygens (including phenoxy) is 2. The van der Waals surface area contributed by atoms with Gasteiger partial charge in [0.2, 0.25) is 0 Å². The van der Waals surface area contributed by atoms with Crippen LogP contribution in [-0.2, 0) is 0 Å². The van der Waals surface area contributed by atoms with Crippen molar-refractivity contribution in [1.82, 2.24) is 0 Å². The van der Waals surface area contributed by atoms with Gasteiger partial charge in [0.25, 0.3) is 0 Å². The third-order valence-corrected chi connectivity index (χ3v) is 3.00. The van der Waals surface area contributed by atoms with Crippen molar-refractivity contribution < 1.29 is 14.6 Å². The van der Waals surface area contributed by atoms with Crippen LogP contribution in [0.15, 0.2) is 42.5 Å². The lowest BCUT2D eigenvalue weighted by Crippen LogP contribution is -1.92. The summed E-state index contributed by atoms with van der Waals surface area (Å²) in [5.41, 5.74) is 0.753. The van der Waals surface area contributed by atoms with Crippen molar-refractivity contribution in [2.45, 2.75) is 13.0 Å². The Hall–Kier alpha value is -1.71. The molecule has 2 rings (SSSR count). The van der Waals surface area contributed by atoms with E-state index in [1.807, 2.05) is 18.2 Å². The van der Waals surface area contributed by atoms with Crippen molar-refractivity contribution >= 4 is 11.6 Å². The minimum absolute atomic E-state index is 0.459. The summed E-state index contributed by atoms with van der Waals surface area (Å²) in [6.07, 6.45) is -0.552. The van der Waals surface area contributed by atoms with Crippen LogP contribution in [0.4, 0.5) is 0 Å². The Kier molecular flexibility index (Phi) is 4.30. The van der Waals surface area contributed by atoms with Crippen LogP contribution in [0, 0.1) is 0 Å². The van der Waals surface area contributed by atoms with Crippen LogP contribution >= 0.6 is 11.6 Å². The molecule has 1 N–H and O–H groups in total. The maximum Gasteiger partial charge on any atom is 0.146 e. The summed E-state index contributed by atoms with van der Waals surface area (Å²) in [5.74, 6) is 1.90. The Balaban J connectivity index is 2.23. The van der Waals surface area contributed by atoms with Gasteiger partial charge in [-0.3, -0.25) is 0 Å². The molecule has 19 heavy (non-hydrogen) atoms. The van der Waals surface area contributed by atoms with Crippen molar-refractivity contribution in [3.63, 3.8) is 0 Å². The molecule has 0 aliphatic heterocycles. The highest BCUT2D eigenvalue weighted by Crippen LogP contribution is 2.32. The predicted molar refractivity (Wildman–Crippen MR) is 75.2 cm³/mol. The highest BCUT2D eigenvalue weighted by Gasteiger charge is 2.08. The van der Waals surface area contributed by atoms with Gasteiger partial charge in [-0.05, 0) is 36.8 Å². The highest BCUT2D eigenvalue weighted by molar-refractivity contribution is 6.32. The highest BCUT2D eigenvalue weighted by atomic mass is 35.5. The van der Waals surface area contributed by atoms with Crippen LogP contribution in [0.25, 0.3) is 0 Å². The molecule has 0 aromatic heterocycles. The van der Waals surface area contributed by atoms with E-state index in [0.29, 0.717) is 22.3 Å². The average Bonchev–Trinajstić information content (AvgIpc) is 2.41. The molecule has 0 saturated heterocycles. The Bertz CT molecular complexity index is 567. The molecular weight excluding hydrogens is 264 g/mol. The van der Waals surface area contributed by atoms with Gasteiger partial charge in [0.1, 0.15) is 17.2 Å². The molecule has 0 aliphatic rings. The van der Waals surface area contributed by atoms with Gasteiger partial charge in [0.05, 0.1) is 18.2 Å². The number of rotatable bonds is 4. The van der Waals surface area contributed by atoms with Gasteiger partial charge in [-0.25, -0.2) is 0 Å². The molecule has 0 radical (unpaired) electrons. The van der Waals surface area contributed by atoms with E-state index in [9.17, 15) is 5.11 Å². The van der Waals surface area contributed by atoms with E-state index in [-0.39, 0.29) is 0 Å². The number of benzene rings is 2. The fourth-order valence-corrected chi connectivity index (χ4v) is 1.88. The molecule has 0 amide bonds. The lowest BCUT2D eigenvalue weighted by molar-refractivity contribution is 0.199. The fraction of sp³-hybridized carbons (Fsp3) is 0.200. The van der Waals surface area contributed by atoms with Crippen molar-refractivity contribution in [2.24, 2.45) is 0 Å². The van der Waals surface area contributed by atoms with Gasteiger partial charge < -0.3 is 14.6 Å². The maximum absolute atomic E-state index is 9.48. The SMILES string of the molecule is COc1cccc(Oc2ccc(C(C)O)cc2Cl)c1. The van der Waals surface area contributed by atoms with Crippen molar-refractivity contribution in [1.29, 1.82) is 0 Å². The molecule has 4 heteroatoms. The van der Waals surface area contributed by atoms with E-state index in [2.05, 4.69) is 0 Å². The first-order valence-corrected chi connectivity index (χ1v) is 6.27. The molecule has 2 aromatic rings. The van der Waals surface area contributed by atoms with Gasteiger partial charge in [-0.2, -0.15) is 0 Å². The Labute approximate surface area is 117 Å². The van der Waals surface area contributed by atoms with Gasteiger partial charge >= 0.3 is 0 Å². The lowest BCUT2D eigenvalue weighted by atomic mass is 10.1. The molecule has 0 aliphatic carbocycles. The van der Waals surface area contributed by atoms with Gasteiger partial charge in [-0.1, -0.05) is 23.7 Å². The molecule has 2 aromatic carbocycles. The zero-order valence-electron chi connectivity index (χ0n) is 10.8. The number of aliphatic hydroxyl groups is 1. The van der Waals surface area contributed by atoms with Crippen molar-refractivity contribution in [2.75, 3.05) is 7.11 Å². The maximum atomic E-state index is 9.48. The Morgan fingerprint density at radius 3 is 2.47 bits per heavy atom. The van der Waals surface area contributed by atoms with Crippen LogP contribution in [0.1, 0.15) is 18.6 Å². The molecule has 1 atom stereocenters. The summed E-state index contributed by atoms with van der Waals surface area (Å²) in [7, 11) is 1.60. The quantitative estimate of drug-likeness (QED) is 0.911. The van der Waals surface area contributed by atoms with Crippen LogP contribution in [0.5, 0.6) is 17.2 Å². The van der Waals surface area contributed by atoms with E-state index < -0.39 is 6.10 Å². The first-order valence-electron chi connectivity index (χ1n) is 5.89. The second kappa shape index (κ2) is 5.95. The normalized spacial score (nSPS) is 12.0. The fourth-order valence-electron chi connectivity index (χ4n) is 1.65. The van der Waals surface area contributed by atoms with Gasteiger partial charge in [0, 0.05) is 6.07 Å². The topological polar surface area (TPSA) is 38.7 Å². The zero-order valence-corrected chi connectivity index (χ0v) is 11.5. The molecule has 0 fully saturated rings. The van der Waals surface area contributed by atoms with Crippen LogP contribution in [0.3, 0.4) is 0 Å². The monoisotopic (exact) mass is 278 g/mol. The number of hydrogen-bond donors (Lipinski definition) is 1. The first kappa shape index (κ1) is 13.7. The molecule has 100 valence electrons. The number of methoxy groups -OCH3 is 1. The molecule has 1 unspecified atom stereocenters. The van der Waals surface area contributed by atoms with E-state index in [1.54, 1.807) is 38.3 Å². The molecule has 3 nitrogen and oxygen atoms in total. The number of halogens is 1. The van der Waals surface area contributed by atoms with E-state index in [0.717, 1.165) is 5.56 Å². The van der Waals surface area contributed by atoms with Crippen LogP contribution in [-0.4, -0.2) is 12.2 Å². The lowest BCUT2D eigenvalue weighted by Gasteiger charge is -2.11. The largest absolute Gasteiger partial charge is 0.497 e. The summed E-state index contributed by atoms with van der Waals surface area (Å²) in [6, 6.07) is 12.5. The van der Waals surface area contributed by atoms with Gasteiger partial charge in [0.15, 0.2) is 0 Å². The third-order valence-electron chi connectivity index (χ3n) is 2.71. The molecule has 0 heterocycles. The zero-order chi connectivity index (χ0) is 13.8. The molecule has 0 spiro atoms. The molecule has 0 saturated carbocycles. The van der Waals surface area contributed by atoms with E-state index in [1.165, 1.54) is 0 Å². The van der Waals surface area contributed by atoms with Crippen LogP contribution < -0.4 is 9.47 Å². The predicted octanol–water partition coefficient (Wildman–Crippen LogP) is 4.19. The summed E-state index contributed by atoms with van der Waals surface area (Å²) < 4.78 is 10.8. The van der Waals surface area contributed by atoms with Crippen molar-refractivity contribution in [3.05, 3.63) is 53.1 Å². The summed E-state index contributed by atoms with van der Waals surface area (Å²) >= 11 is 6.13. The second-order valence-corrected chi connectivity index (χ2v) is 4.55. The van der Waals surface area contributed by atoms with Gasteiger partial charge in [-0.15, -0.1) is 0 Å². The summed E-state index contributed by atoms with van der Waals surface area (Å²) in [5, 5.41) is 9.94. The number of aliphatic hydroxyl groups excluding tert-OH is 1. The molecular formula is C15H15ClO3. The van der Waals surface area contributed by atoms with E-state index >= 15 is 0 Å². The standard InChI is InChI=1S/C15H15ClO3/c1-10(17)11-6-7-15(14(16)8-11)19-13-5-3-4-12(9-13)18-2/h3-10,17H,1-2H3. The minimum atomic E-state index is -0.552.